The summed E-state index contributed by atoms with van der Waals surface area (Å²) in [7, 11) is 6.12. The number of methoxy groups -OCH3 is 4. The normalized spacial score (nSPS) is 16.5. The molecule has 1 atom stereocenters. The number of nitrogens with zero attached hydrogens (tertiary/aromatic N) is 1. The quantitative estimate of drug-likeness (QED) is 0.263. The van der Waals surface area contributed by atoms with Crippen molar-refractivity contribution < 1.29 is 33.6 Å². The molecule has 1 heterocycles. The summed E-state index contributed by atoms with van der Waals surface area (Å²) in [6.07, 6.45) is 0.506. The molecule has 0 saturated carbocycles. The molecule has 3 aromatic rings. The summed E-state index contributed by atoms with van der Waals surface area (Å²) in [6.45, 7) is 0.264. The minimum Gasteiger partial charge on any atom is -0.507 e. The van der Waals surface area contributed by atoms with E-state index >= 15 is 0 Å². The average molecular weight is 504 g/mol. The third kappa shape index (κ3) is 5.09. The number of Topliss-reactive ketones (excluding diaryl/α,β-unsaturated/α-hetero) is 1. The average Bonchev–Trinajstić information content (AvgIpc) is 3.20. The van der Waals surface area contributed by atoms with Crippen molar-refractivity contribution >= 4 is 17.4 Å². The van der Waals surface area contributed by atoms with Gasteiger partial charge >= 0.3 is 0 Å². The Bertz CT molecular complexity index is 1310. The van der Waals surface area contributed by atoms with Crippen molar-refractivity contribution in [2.24, 2.45) is 0 Å². The summed E-state index contributed by atoms with van der Waals surface area (Å²) >= 11 is 0. The lowest BCUT2D eigenvalue weighted by Gasteiger charge is -2.25. The maximum absolute atomic E-state index is 13.4. The molecule has 1 fully saturated rings. The molecule has 8 heteroatoms. The van der Waals surface area contributed by atoms with Crippen molar-refractivity contribution in [1.82, 2.24) is 4.90 Å². The second-order valence-corrected chi connectivity index (χ2v) is 8.43. The first-order valence-electron chi connectivity index (χ1n) is 11.7. The van der Waals surface area contributed by atoms with E-state index in [1.807, 2.05) is 24.3 Å². The van der Waals surface area contributed by atoms with Crippen LogP contribution < -0.4 is 18.9 Å². The molecule has 0 spiro atoms. The number of carbonyl (C=O) groups excluding carboxylic acids is 2. The number of benzene rings is 3. The molecule has 8 nitrogen and oxygen atoms in total. The molecule has 192 valence electrons. The van der Waals surface area contributed by atoms with E-state index in [0.717, 1.165) is 11.3 Å². The van der Waals surface area contributed by atoms with Crippen LogP contribution in [0.4, 0.5) is 0 Å². The standard InChI is InChI=1S/C29H29NO7/c1-34-20-9-5-18(6-10-20)15-16-30-26(19-7-11-21(35-2)12-8-19)25(28(32)29(30)33)27(31)23-17-22(36-3)13-14-24(23)37-4/h5-14,17,26,31H,15-16H2,1-4H3/b27-25+. The molecule has 0 bridgehead atoms. The first kappa shape index (κ1) is 25.6. The Hall–Kier alpha value is -4.46. The van der Waals surface area contributed by atoms with Gasteiger partial charge in [0.1, 0.15) is 28.8 Å². The van der Waals surface area contributed by atoms with E-state index in [2.05, 4.69) is 0 Å². The van der Waals surface area contributed by atoms with Crippen molar-refractivity contribution in [1.29, 1.82) is 0 Å². The lowest BCUT2D eigenvalue weighted by molar-refractivity contribution is -0.139. The summed E-state index contributed by atoms with van der Waals surface area (Å²) < 4.78 is 21.2. The highest BCUT2D eigenvalue weighted by Crippen LogP contribution is 2.42. The van der Waals surface area contributed by atoms with Crippen LogP contribution in [-0.4, -0.2) is 56.7 Å². The summed E-state index contributed by atoms with van der Waals surface area (Å²) in [5.74, 6) is 0.397. The predicted octanol–water partition coefficient (Wildman–Crippen LogP) is 4.39. The molecular formula is C29H29NO7. The number of aliphatic hydroxyl groups excluding tert-OH is 1. The maximum atomic E-state index is 13.4. The summed E-state index contributed by atoms with van der Waals surface area (Å²) in [4.78, 5) is 28.1. The number of amides is 1. The highest BCUT2D eigenvalue weighted by Gasteiger charge is 2.46. The zero-order valence-electron chi connectivity index (χ0n) is 21.2. The molecule has 0 radical (unpaired) electrons. The molecule has 1 N–H and O–H groups in total. The molecule has 1 aliphatic heterocycles. The van der Waals surface area contributed by atoms with Crippen LogP contribution in [0, 0.1) is 0 Å². The Kier molecular flexibility index (Phi) is 7.67. The molecule has 1 amide bonds. The fraction of sp³-hybridized carbons (Fsp3) is 0.241. The number of hydrogen-bond donors (Lipinski definition) is 1. The Morgan fingerprint density at radius 3 is 1.92 bits per heavy atom. The number of carbonyl (C=O) groups is 2. The number of ketones is 1. The third-order valence-corrected chi connectivity index (χ3v) is 6.43. The molecule has 37 heavy (non-hydrogen) atoms. The molecule has 1 saturated heterocycles. The van der Waals surface area contributed by atoms with Crippen molar-refractivity contribution in [3.63, 3.8) is 0 Å². The van der Waals surface area contributed by atoms with Crippen LogP contribution >= 0.6 is 0 Å². The van der Waals surface area contributed by atoms with E-state index in [1.165, 1.54) is 19.1 Å². The minimum atomic E-state index is -0.805. The highest BCUT2D eigenvalue weighted by atomic mass is 16.5. The Balaban J connectivity index is 1.80. The minimum absolute atomic E-state index is 0.0172. The van der Waals surface area contributed by atoms with Gasteiger partial charge in [0.05, 0.1) is 45.6 Å². The molecular weight excluding hydrogens is 474 g/mol. The van der Waals surface area contributed by atoms with Gasteiger partial charge in [0.15, 0.2) is 0 Å². The van der Waals surface area contributed by atoms with Crippen LogP contribution in [0.2, 0.25) is 0 Å². The summed E-state index contributed by atoms with van der Waals surface area (Å²) in [5.41, 5.74) is 1.88. The van der Waals surface area contributed by atoms with Crippen molar-refractivity contribution in [2.45, 2.75) is 12.5 Å². The second kappa shape index (κ2) is 11.1. The first-order chi connectivity index (χ1) is 17.9. The lowest BCUT2D eigenvalue weighted by atomic mass is 9.94. The fourth-order valence-corrected chi connectivity index (χ4v) is 4.43. The second-order valence-electron chi connectivity index (χ2n) is 8.43. The fourth-order valence-electron chi connectivity index (χ4n) is 4.43. The van der Waals surface area contributed by atoms with E-state index in [4.69, 9.17) is 18.9 Å². The van der Waals surface area contributed by atoms with Gasteiger partial charge in [0, 0.05) is 6.54 Å². The van der Waals surface area contributed by atoms with Gasteiger partial charge < -0.3 is 29.0 Å². The van der Waals surface area contributed by atoms with Gasteiger partial charge in [-0.25, -0.2) is 0 Å². The molecule has 4 rings (SSSR count). The van der Waals surface area contributed by atoms with Crippen LogP contribution in [0.3, 0.4) is 0 Å². The topological polar surface area (TPSA) is 94.5 Å². The summed E-state index contributed by atoms with van der Waals surface area (Å²) in [6, 6.07) is 18.7. The highest BCUT2D eigenvalue weighted by molar-refractivity contribution is 6.46. The lowest BCUT2D eigenvalue weighted by Crippen LogP contribution is -2.31. The van der Waals surface area contributed by atoms with Crippen molar-refractivity contribution in [3.05, 3.63) is 89.0 Å². The molecule has 1 aliphatic rings. The van der Waals surface area contributed by atoms with Gasteiger partial charge in [-0.05, 0) is 60.0 Å². The van der Waals surface area contributed by atoms with Crippen LogP contribution in [0.1, 0.15) is 22.7 Å². The predicted molar refractivity (Wildman–Crippen MR) is 138 cm³/mol. The van der Waals surface area contributed by atoms with Crippen LogP contribution in [0.15, 0.2) is 72.3 Å². The number of hydrogen-bond acceptors (Lipinski definition) is 7. The zero-order valence-corrected chi connectivity index (χ0v) is 21.2. The zero-order chi connectivity index (χ0) is 26.5. The Labute approximate surface area is 215 Å². The molecule has 1 unspecified atom stereocenters. The van der Waals surface area contributed by atoms with Gasteiger partial charge in [0.2, 0.25) is 0 Å². The summed E-state index contributed by atoms with van der Waals surface area (Å²) in [5, 5.41) is 11.4. The molecule has 0 aliphatic carbocycles. The third-order valence-electron chi connectivity index (χ3n) is 6.43. The van der Waals surface area contributed by atoms with Gasteiger partial charge in [-0.3, -0.25) is 9.59 Å². The number of aliphatic hydroxyl groups is 1. The van der Waals surface area contributed by atoms with Crippen LogP contribution in [-0.2, 0) is 16.0 Å². The van der Waals surface area contributed by atoms with E-state index < -0.39 is 17.7 Å². The van der Waals surface area contributed by atoms with Gasteiger partial charge in [-0.15, -0.1) is 0 Å². The first-order valence-corrected chi connectivity index (χ1v) is 11.7. The molecule has 3 aromatic carbocycles. The Morgan fingerprint density at radius 2 is 1.35 bits per heavy atom. The Morgan fingerprint density at radius 1 is 0.784 bits per heavy atom. The number of ether oxygens (including phenoxy) is 4. The smallest absolute Gasteiger partial charge is 0.295 e. The van der Waals surface area contributed by atoms with Gasteiger partial charge in [-0.1, -0.05) is 24.3 Å². The molecule has 0 aromatic heterocycles. The number of likely N-dealkylation sites (tertiary alicyclic amines) is 1. The van der Waals surface area contributed by atoms with Gasteiger partial charge in [-0.2, -0.15) is 0 Å². The van der Waals surface area contributed by atoms with E-state index in [1.54, 1.807) is 56.7 Å². The van der Waals surface area contributed by atoms with Crippen LogP contribution in [0.5, 0.6) is 23.0 Å². The van der Waals surface area contributed by atoms with Gasteiger partial charge in [0.25, 0.3) is 11.7 Å². The SMILES string of the molecule is COc1ccc(CCN2C(=O)C(=O)/C(=C(/O)c3cc(OC)ccc3OC)C2c2ccc(OC)cc2)cc1. The van der Waals surface area contributed by atoms with E-state index in [9.17, 15) is 14.7 Å². The van der Waals surface area contributed by atoms with E-state index in [0.29, 0.717) is 29.2 Å². The van der Waals surface area contributed by atoms with E-state index in [-0.39, 0.29) is 23.4 Å². The number of rotatable bonds is 9. The maximum Gasteiger partial charge on any atom is 0.295 e. The van der Waals surface area contributed by atoms with Crippen LogP contribution in [0.25, 0.3) is 5.76 Å². The largest absolute Gasteiger partial charge is 0.507 e. The van der Waals surface area contributed by atoms with Crippen molar-refractivity contribution in [2.75, 3.05) is 35.0 Å². The van der Waals surface area contributed by atoms with Crippen molar-refractivity contribution in [3.8, 4) is 23.0 Å². The monoisotopic (exact) mass is 503 g/mol.